The zero-order chi connectivity index (χ0) is 20.9. The minimum atomic E-state index is -0.212. The molecule has 0 aliphatic carbocycles. The van der Waals surface area contributed by atoms with Crippen LogP contribution in [0, 0.1) is 6.92 Å². The van der Waals surface area contributed by atoms with E-state index < -0.39 is 0 Å². The number of carbonyl (C=O) groups is 1. The van der Waals surface area contributed by atoms with E-state index in [1.807, 2.05) is 42.5 Å². The number of aryl methyl sites for hydroxylation is 1. The van der Waals surface area contributed by atoms with Gasteiger partial charge in [-0.15, -0.1) is 5.10 Å². The molecule has 1 aliphatic heterocycles. The number of benzene rings is 2. The summed E-state index contributed by atoms with van der Waals surface area (Å²) in [5, 5.41) is 7.56. The Hall–Kier alpha value is -2.99. The van der Waals surface area contributed by atoms with E-state index in [-0.39, 0.29) is 11.7 Å². The maximum Gasteiger partial charge on any atom is 0.290 e. The van der Waals surface area contributed by atoms with E-state index in [9.17, 15) is 4.79 Å². The maximum absolute atomic E-state index is 12.7. The molecule has 1 amide bonds. The summed E-state index contributed by atoms with van der Waals surface area (Å²) in [6.45, 7) is 3.83. The molecule has 6 nitrogen and oxygen atoms in total. The number of amides is 1. The summed E-state index contributed by atoms with van der Waals surface area (Å²) >= 11 is 0. The van der Waals surface area contributed by atoms with Gasteiger partial charge in [-0.2, -0.15) is 0 Å². The molecule has 6 heteroatoms. The summed E-state index contributed by atoms with van der Waals surface area (Å²) in [7, 11) is 2.15. The minimum Gasteiger partial charge on any atom is -0.349 e. The molecule has 2 aromatic carbocycles. The van der Waals surface area contributed by atoms with E-state index >= 15 is 0 Å². The van der Waals surface area contributed by atoms with Crippen LogP contribution >= 0.6 is 0 Å². The van der Waals surface area contributed by atoms with Crippen LogP contribution in [0.25, 0.3) is 5.69 Å². The van der Waals surface area contributed by atoms with Crippen LogP contribution in [-0.2, 0) is 6.42 Å². The molecule has 1 aromatic heterocycles. The van der Waals surface area contributed by atoms with Crippen LogP contribution < -0.4 is 5.32 Å². The topological polar surface area (TPSA) is 63.1 Å². The normalized spacial score (nSPS) is 16.7. The van der Waals surface area contributed by atoms with Crippen molar-refractivity contribution in [1.29, 1.82) is 0 Å². The van der Waals surface area contributed by atoms with Gasteiger partial charge in [-0.05, 0) is 57.5 Å². The van der Waals surface area contributed by atoms with Crippen molar-refractivity contribution in [2.24, 2.45) is 0 Å². The first kappa shape index (κ1) is 20.3. The third-order valence-corrected chi connectivity index (χ3v) is 5.80. The van der Waals surface area contributed by atoms with E-state index in [4.69, 9.17) is 0 Å². The van der Waals surface area contributed by atoms with Crippen molar-refractivity contribution in [3.63, 3.8) is 0 Å². The SMILES string of the molecule is Cc1ccc(-n2nc(C(=O)NCCC3CCCN3C)nc2Cc2ccccc2)cc1. The van der Waals surface area contributed by atoms with Gasteiger partial charge in [0, 0.05) is 19.0 Å². The fourth-order valence-corrected chi connectivity index (χ4v) is 4.00. The lowest BCUT2D eigenvalue weighted by Gasteiger charge is -2.18. The molecular formula is C24H29N5O. The Bertz CT molecular complexity index is 981. The lowest BCUT2D eigenvalue weighted by atomic mass is 10.1. The summed E-state index contributed by atoms with van der Waals surface area (Å²) in [4.78, 5) is 19.7. The fourth-order valence-electron chi connectivity index (χ4n) is 4.00. The third kappa shape index (κ3) is 4.76. The number of likely N-dealkylation sites (tertiary alicyclic amines) is 1. The van der Waals surface area contributed by atoms with Gasteiger partial charge in [-0.1, -0.05) is 48.0 Å². The predicted octanol–water partition coefficient (Wildman–Crippen LogP) is 3.38. The molecule has 0 spiro atoms. The second kappa shape index (κ2) is 9.22. The Balaban J connectivity index is 1.51. The van der Waals surface area contributed by atoms with Crippen molar-refractivity contribution in [1.82, 2.24) is 25.0 Å². The molecular weight excluding hydrogens is 374 g/mol. The molecule has 30 heavy (non-hydrogen) atoms. The average molecular weight is 404 g/mol. The lowest BCUT2D eigenvalue weighted by Crippen LogP contribution is -2.32. The molecule has 1 N–H and O–H groups in total. The minimum absolute atomic E-state index is 0.212. The molecule has 1 unspecified atom stereocenters. The van der Waals surface area contributed by atoms with Gasteiger partial charge in [0.1, 0.15) is 5.82 Å². The molecule has 3 aromatic rings. The number of carbonyl (C=O) groups excluding carboxylic acids is 1. The van der Waals surface area contributed by atoms with Crippen molar-refractivity contribution in [2.75, 3.05) is 20.1 Å². The first-order valence-electron chi connectivity index (χ1n) is 10.7. The highest BCUT2D eigenvalue weighted by Crippen LogP contribution is 2.17. The molecule has 0 bridgehead atoms. The summed E-state index contributed by atoms with van der Waals surface area (Å²) in [5.41, 5.74) is 3.22. The van der Waals surface area contributed by atoms with Crippen LogP contribution in [0.15, 0.2) is 54.6 Å². The molecule has 1 saturated heterocycles. The lowest BCUT2D eigenvalue weighted by molar-refractivity contribution is 0.0940. The van der Waals surface area contributed by atoms with Gasteiger partial charge >= 0.3 is 0 Å². The molecule has 0 radical (unpaired) electrons. The van der Waals surface area contributed by atoms with Crippen molar-refractivity contribution >= 4 is 5.91 Å². The maximum atomic E-state index is 12.7. The highest BCUT2D eigenvalue weighted by atomic mass is 16.2. The molecule has 0 saturated carbocycles. The van der Waals surface area contributed by atoms with E-state index in [2.05, 4.69) is 46.4 Å². The zero-order valence-corrected chi connectivity index (χ0v) is 17.7. The van der Waals surface area contributed by atoms with Gasteiger partial charge in [0.2, 0.25) is 5.82 Å². The third-order valence-electron chi connectivity index (χ3n) is 5.80. The Kier molecular flexibility index (Phi) is 6.23. The van der Waals surface area contributed by atoms with Gasteiger partial charge in [0.15, 0.2) is 0 Å². The number of nitrogens with one attached hydrogen (secondary N) is 1. The largest absolute Gasteiger partial charge is 0.349 e. The Labute approximate surface area is 177 Å². The summed E-state index contributed by atoms with van der Waals surface area (Å²) < 4.78 is 1.78. The standard InChI is InChI=1S/C24H29N5O/c1-18-10-12-21(13-11-18)29-22(17-19-7-4-3-5-8-19)26-23(27-29)24(30)25-15-14-20-9-6-16-28(20)2/h3-5,7-8,10-13,20H,6,9,14-17H2,1-2H3,(H,25,30). The van der Waals surface area contributed by atoms with Crippen molar-refractivity contribution in [3.8, 4) is 5.69 Å². The molecule has 156 valence electrons. The Morgan fingerprint density at radius 3 is 2.60 bits per heavy atom. The van der Waals surface area contributed by atoms with Crippen LogP contribution in [0.1, 0.15) is 46.8 Å². The van der Waals surface area contributed by atoms with Crippen LogP contribution in [0.4, 0.5) is 0 Å². The van der Waals surface area contributed by atoms with Crippen LogP contribution in [0.2, 0.25) is 0 Å². The quantitative estimate of drug-likeness (QED) is 0.657. The second-order valence-electron chi connectivity index (χ2n) is 8.08. The number of rotatable bonds is 7. The number of hydrogen-bond acceptors (Lipinski definition) is 4. The summed E-state index contributed by atoms with van der Waals surface area (Å²) in [6, 6.07) is 18.8. The zero-order valence-electron chi connectivity index (χ0n) is 17.7. The predicted molar refractivity (Wildman–Crippen MR) is 118 cm³/mol. The number of hydrogen-bond donors (Lipinski definition) is 1. The molecule has 1 atom stereocenters. The van der Waals surface area contributed by atoms with Gasteiger partial charge in [-0.3, -0.25) is 4.79 Å². The van der Waals surface area contributed by atoms with E-state index in [0.29, 0.717) is 19.0 Å². The highest BCUT2D eigenvalue weighted by molar-refractivity contribution is 5.90. The van der Waals surface area contributed by atoms with Gasteiger partial charge in [-0.25, -0.2) is 9.67 Å². The van der Waals surface area contributed by atoms with Gasteiger partial charge < -0.3 is 10.2 Å². The first-order chi connectivity index (χ1) is 14.6. The number of nitrogens with zero attached hydrogens (tertiary/aromatic N) is 4. The molecule has 4 rings (SSSR count). The summed E-state index contributed by atoms with van der Waals surface area (Å²) in [5.74, 6) is 0.767. The van der Waals surface area contributed by atoms with E-state index in [0.717, 1.165) is 30.0 Å². The number of aromatic nitrogens is 3. The average Bonchev–Trinajstić information content (AvgIpc) is 3.36. The van der Waals surface area contributed by atoms with Gasteiger partial charge in [0.25, 0.3) is 5.91 Å². The van der Waals surface area contributed by atoms with Crippen LogP contribution in [0.5, 0.6) is 0 Å². The summed E-state index contributed by atoms with van der Waals surface area (Å²) in [6.07, 6.45) is 4.01. The first-order valence-corrected chi connectivity index (χ1v) is 10.7. The second-order valence-corrected chi connectivity index (χ2v) is 8.08. The molecule has 1 fully saturated rings. The monoisotopic (exact) mass is 403 g/mol. The smallest absolute Gasteiger partial charge is 0.290 e. The van der Waals surface area contributed by atoms with E-state index in [1.165, 1.54) is 18.4 Å². The highest BCUT2D eigenvalue weighted by Gasteiger charge is 2.22. The molecule has 2 heterocycles. The molecule has 1 aliphatic rings. The van der Waals surface area contributed by atoms with Gasteiger partial charge in [0.05, 0.1) is 5.69 Å². The van der Waals surface area contributed by atoms with E-state index in [1.54, 1.807) is 4.68 Å². The van der Waals surface area contributed by atoms with Crippen LogP contribution in [-0.4, -0.2) is 51.8 Å². The van der Waals surface area contributed by atoms with Crippen LogP contribution in [0.3, 0.4) is 0 Å². The Morgan fingerprint density at radius 1 is 1.13 bits per heavy atom. The fraction of sp³-hybridized carbons (Fsp3) is 0.375. The van der Waals surface area contributed by atoms with Crippen molar-refractivity contribution in [3.05, 3.63) is 77.4 Å². The Morgan fingerprint density at radius 2 is 1.90 bits per heavy atom. The van der Waals surface area contributed by atoms with Crippen molar-refractivity contribution in [2.45, 2.75) is 38.6 Å². The van der Waals surface area contributed by atoms with Crippen molar-refractivity contribution < 1.29 is 4.79 Å².